The van der Waals surface area contributed by atoms with E-state index in [4.69, 9.17) is 0 Å². The zero-order chi connectivity index (χ0) is 21.1. The molecule has 0 unspecified atom stereocenters. The van der Waals surface area contributed by atoms with Crippen molar-refractivity contribution in [1.82, 2.24) is 15.1 Å². The number of aromatic nitrogens is 2. The van der Waals surface area contributed by atoms with E-state index < -0.39 is 0 Å². The van der Waals surface area contributed by atoms with Gasteiger partial charge in [-0.15, -0.1) is 0 Å². The number of benzene rings is 2. The SMILES string of the molecule is Cc1ccc(-n2ncc(C(=O)NCc3ccccc3N3CCCC3)c2C(C)C)cc1. The van der Waals surface area contributed by atoms with Crippen molar-refractivity contribution in [2.24, 2.45) is 0 Å². The monoisotopic (exact) mass is 402 g/mol. The molecule has 0 saturated carbocycles. The highest BCUT2D eigenvalue weighted by molar-refractivity contribution is 5.95. The molecule has 1 N–H and O–H groups in total. The summed E-state index contributed by atoms with van der Waals surface area (Å²) in [5.74, 6) is 0.0970. The third-order valence-electron chi connectivity index (χ3n) is 5.75. The first-order valence-electron chi connectivity index (χ1n) is 10.8. The topological polar surface area (TPSA) is 50.2 Å². The van der Waals surface area contributed by atoms with Gasteiger partial charge in [0, 0.05) is 25.3 Å². The second-order valence-corrected chi connectivity index (χ2v) is 8.35. The Morgan fingerprint density at radius 1 is 1.07 bits per heavy atom. The van der Waals surface area contributed by atoms with Crippen LogP contribution in [0.2, 0.25) is 0 Å². The maximum atomic E-state index is 13.1. The third-order valence-corrected chi connectivity index (χ3v) is 5.75. The average Bonchev–Trinajstić information content (AvgIpc) is 3.43. The van der Waals surface area contributed by atoms with Crippen LogP contribution in [-0.2, 0) is 6.54 Å². The largest absolute Gasteiger partial charge is 0.371 e. The lowest BCUT2D eigenvalue weighted by Crippen LogP contribution is -2.26. The summed E-state index contributed by atoms with van der Waals surface area (Å²) >= 11 is 0. The summed E-state index contributed by atoms with van der Waals surface area (Å²) in [4.78, 5) is 15.5. The molecule has 2 aromatic carbocycles. The second-order valence-electron chi connectivity index (χ2n) is 8.35. The summed E-state index contributed by atoms with van der Waals surface area (Å²) < 4.78 is 1.89. The fourth-order valence-corrected chi connectivity index (χ4v) is 4.18. The van der Waals surface area contributed by atoms with E-state index in [2.05, 4.69) is 66.4 Å². The number of nitrogens with zero attached hydrogens (tertiary/aromatic N) is 3. The number of hydrogen-bond acceptors (Lipinski definition) is 3. The number of para-hydroxylation sites is 1. The van der Waals surface area contributed by atoms with E-state index in [0.29, 0.717) is 12.1 Å². The molecule has 5 heteroatoms. The number of carbonyl (C=O) groups excluding carboxylic acids is 1. The Morgan fingerprint density at radius 3 is 2.47 bits per heavy atom. The Balaban J connectivity index is 1.55. The molecule has 2 heterocycles. The maximum Gasteiger partial charge on any atom is 0.255 e. The van der Waals surface area contributed by atoms with Gasteiger partial charge in [-0.1, -0.05) is 49.7 Å². The molecule has 3 aromatic rings. The first kappa shape index (κ1) is 20.2. The highest BCUT2D eigenvalue weighted by Crippen LogP contribution is 2.26. The van der Waals surface area contributed by atoms with Crippen molar-refractivity contribution in [2.75, 3.05) is 18.0 Å². The normalized spacial score (nSPS) is 13.8. The van der Waals surface area contributed by atoms with E-state index in [0.717, 1.165) is 30.0 Å². The minimum atomic E-state index is -0.0757. The van der Waals surface area contributed by atoms with Crippen LogP contribution < -0.4 is 10.2 Å². The molecule has 1 aromatic heterocycles. The quantitative estimate of drug-likeness (QED) is 0.642. The third kappa shape index (κ3) is 4.11. The maximum absolute atomic E-state index is 13.1. The Hall–Kier alpha value is -3.08. The van der Waals surface area contributed by atoms with Gasteiger partial charge in [0.2, 0.25) is 0 Å². The summed E-state index contributed by atoms with van der Waals surface area (Å²) in [6.45, 7) is 8.95. The van der Waals surface area contributed by atoms with Crippen molar-refractivity contribution >= 4 is 11.6 Å². The van der Waals surface area contributed by atoms with Crippen LogP contribution in [0.25, 0.3) is 5.69 Å². The number of amides is 1. The lowest BCUT2D eigenvalue weighted by Gasteiger charge is -2.21. The van der Waals surface area contributed by atoms with E-state index in [1.807, 2.05) is 22.9 Å². The number of aryl methyl sites for hydroxylation is 1. The van der Waals surface area contributed by atoms with Gasteiger partial charge in [0.25, 0.3) is 5.91 Å². The van der Waals surface area contributed by atoms with E-state index in [1.165, 1.54) is 24.1 Å². The summed E-state index contributed by atoms with van der Waals surface area (Å²) in [5, 5.41) is 7.67. The summed E-state index contributed by atoms with van der Waals surface area (Å²) in [6, 6.07) is 16.6. The average molecular weight is 403 g/mol. The summed E-state index contributed by atoms with van der Waals surface area (Å²) in [7, 11) is 0. The Labute approximate surface area is 178 Å². The van der Waals surface area contributed by atoms with Gasteiger partial charge in [0.15, 0.2) is 0 Å². The molecule has 0 atom stereocenters. The van der Waals surface area contributed by atoms with Crippen LogP contribution in [0.15, 0.2) is 54.7 Å². The van der Waals surface area contributed by atoms with Gasteiger partial charge >= 0.3 is 0 Å². The molecule has 156 valence electrons. The van der Waals surface area contributed by atoms with Crippen LogP contribution >= 0.6 is 0 Å². The number of hydrogen-bond donors (Lipinski definition) is 1. The number of rotatable bonds is 6. The van der Waals surface area contributed by atoms with Gasteiger partial charge in [-0.2, -0.15) is 5.10 Å². The van der Waals surface area contributed by atoms with Gasteiger partial charge in [-0.05, 0) is 49.4 Å². The smallest absolute Gasteiger partial charge is 0.255 e. The van der Waals surface area contributed by atoms with Crippen LogP contribution in [0.4, 0.5) is 5.69 Å². The lowest BCUT2D eigenvalue weighted by atomic mass is 10.0. The highest BCUT2D eigenvalue weighted by Gasteiger charge is 2.21. The summed E-state index contributed by atoms with van der Waals surface area (Å²) in [6.07, 6.45) is 4.16. The fraction of sp³-hybridized carbons (Fsp3) is 0.360. The number of anilines is 1. The van der Waals surface area contributed by atoms with E-state index >= 15 is 0 Å². The zero-order valence-corrected chi connectivity index (χ0v) is 18.1. The summed E-state index contributed by atoms with van der Waals surface area (Å²) in [5.41, 5.74) is 6.14. The van der Waals surface area contributed by atoms with Gasteiger partial charge in [0.05, 0.1) is 23.1 Å². The second kappa shape index (κ2) is 8.74. The molecule has 4 rings (SSSR count). The fourth-order valence-electron chi connectivity index (χ4n) is 4.18. The molecule has 1 fully saturated rings. The van der Waals surface area contributed by atoms with Gasteiger partial charge in [0.1, 0.15) is 0 Å². The first-order valence-corrected chi connectivity index (χ1v) is 10.8. The molecule has 1 amide bonds. The van der Waals surface area contributed by atoms with Crippen LogP contribution in [-0.4, -0.2) is 28.8 Å². The molecular weight excluding hydrogens is 372 g/mol. The Kier molecular flexibility index (Phi) is 5.88. The Bertz CT molecular complexity index is 1010. The Morgan fingerprint density at radius 2 is 1.77 bits per heavy atom. The minimum Gasteiger partial charge on any atom is -0.371 e. The predicted octanol–water partition coefficient (Wildman–Crippen LogP) is 4.83. The van der Waals surface area contributed by atoms with Crippen LogP contribution in [0.3, 0.4) is 0 Å². The molecule has 30 heavy (non-hydrogen) atoms. The molecule has 0 radical (unpaired) electrons. The van der Waals surface area contributed by atoms with Gasteiger partial charge in [-0.25, -0.2) is 4.68 Å². The van der Waals surface area contributed by atoms with Crippen molar-refractivity contribution in [1.29, 1.82) is 0 Å². The van der Waals surface area contributed by atoms with Gasteiger partial charge < -0.3 is 10.2 Å². The number of carbonyl (C=O) groups is 1. The molecule has 1 saturated heterocycles. The molecule has 1 aliphatic rings. The van der Waals surface area contributed by atoms with Crippen LogP contribution in [0, 0.1) is 6.92 Å². The first-order chi connectivity index (χ1) is 14.5. The highest BCUT2D eigenvalue weighted by atomic mass is 16.1. The van der Waals surface area contributed by atoms with Crippen LogP contribution in [0.1, 0.15) is 59.8 Å². The van der Waals surface area contributed by atoms with Crippen molar-refractivity contribution in [3.8, 4) is 5.69 Å². The van der Waals surface area contributed by atoms with Gasteiger partial charge in [-0.3, -0.25) is 4.79 Å². The predicted molar refractivity (Wildman–Crippen MR) is 121 cm³/mol. The molecule has 5 nitrogen and oxygen atoms in total. The minimum absolute atomic E-state index is 0.0757. The molecule has 1 aliphatic heterocycles. The molecule has 0 spiro atoms. The standard InChI is InChI=1S/C25H30N4O/c1-18(2)24-22(17-27-29(24)21-12-10-19(3)11-13-21)25(30)26-16-20-8-4-5-9-23(20)28-14-6-7-15-28/h4-5,8-13,17-18H,6-7,14-16H2,1-3H3,(H,26,30). The molecular formula is C25H30N4O. The molecule has 0 bridgehead atoms. The number of nitrogens with one attached hydrogen (secondary N) is 1. The van der Waals surface area contributed by atoms with E-state index in [9.17, 15) is 4.79 Å². The van der Waals surface area contributed by atoms with Crippen molar-refractivity contribution in [2.45, 2.75) is 46.1 Å². The van der Waals surface area contributed by atoms with Crippen molar-refractivity contribution in [3.05, 3.63) is 77.1 Å². The lowest BCUT2D eigenvalue weighted by molar-refractivity contribution is 0.0949. The zero-order valence-electron chi connectivity index (χ0n) is 18.1. The molecule has 0 aliphatic carbocycles. The van der Waals surface area contributed by atoms with E-state index in [-0.39, 0.29) is 11.8 Å². The van der Waals surface area contributed by atoms with Crippen molar-refractivity contribution < 1.29 is 4.79 Å². The van der Waals surface area contributed by atoms with E-state index in [1.54, 1.807) is 6.20 Å². The van der Waals surface area contributed by atoms with Crippen molar-refractivity contribution in [3.63, 3.8) is 0 Å². The van der Waals surface area contributed by atoms with Crippen LogP contribution in [0.5, 0.6) is 0 Å².